The van der Waals surface area contributed by atoms with Gasteiger partial charge in [0.25, 0.3) is 0 Å². The topological polar surface area (TPSA) is 32.3 Å². The molecular weight excluding hydrogens is 194 g/mol. The summed E-state index contributed by atoms with van der Waals surface area (Å²) in [5.74, 6) is 1.57. The van der Waals surface area contributed by atoms with Crippen LogP contribution in [0.25, 0.3) is 0 Å². The second-order valence-electron chi connectivity index (χ2n) is 4.32. The summed E-state index contributed by atoms with van der Waals surface area (Å²) in [6.45, 7) is 1.07. The molecule has 1 aliphatic carbocycles. The molecule has 3 rings (SSSR count). The Hall–Kier alpha value is -0.830. The van der Waals surface area contributed by atoms with Gasteiger partial charge in [-0.15, -0.1) is 11.8 Å². The molecule has 1 fully saturated rings. The molecule has 1 aromatic carbocycles. The molecule has 0 aromatic heterocycles. The molecule has 1 aromatic rings. The van der Waals surface area contributed by atoms with E-state index in [0.717, 1.165) is 12.2 Å². The fraction of sp³-hybridized carbons (Fsp3) is 0.455. The van der Waals surface area contributed by atoms with E-state index in [9.17, 15) is 5.11 Å². The van der Waals surface area contributed by atoms with Crippen molar-refractivity contribution in [3.8, 4) is 5.75 Å². The van der Waals surface area contributed by atoms with Crippen molar-refractivity contribution in [1.82, 2.24) is 0 Å². The van der Waals surface area contributed by atoms with Crippen molar-refractivity contribution in [1.29, 1.82) is 0 Å². The van der Waals surface area contributed by atoms with E-state index >= 15 is 0 Å². The Labute approximate surface area is 87.7 Å². The number of hydrogen-bond acceptors (Lipinski definition) is 3. The maximum atomic E-state index is 9.38. The first-order valence-corrected chi connectivity index (χ1v) is 5.96. The predicted molar refractivity (Wildman–Crippen MR) is 59.0 cm³/mol. The minimum absolute atomic E-state index is 0.351. The maximum Gasteiger partial charge on any atom is 0.117 e. The number of phenolic OH excluding ortho intramolecular Hbond substituents is 1. The van der Waals surface area contributed by atoms with Crippen molar-refractivity contribution >= 4 is 17.4 Å². The minimum Gasteiger partial charge on any atom is -0.508 e. The fourth-order valence-corrected chi connectivity index (χ4v) is 3.15. The number of nitrogens with one attached hydrogen (secondary N) is 1. The summed E-state index contributed by atoms with van der Waals surface area (Å²) in [5.41, 5.74) is 1.65. The normalized spacial score (nSPS) is 22.3. The number of fused-ring (bicyclic) bond motifs is 1. The Kier molecular flexibility index (Phi) is 1.71. The van der Waals surface area contributed by atoms with Gasteiger partial charge in [-0.3, -0.25) is 0 Å². The average molecular weight is 207 g/mol. The Morgan fingerprint density at radius 1 is 1.36 bits per heavy atom. The average Bonchev–Trinajstić information content (AvgIpc) is 2.96. The van der Waals surface area contributed by atoms with Crippen molar-refractivity contribution < 1.29 is 5.11 Å². The molecule has 1 spiro atoms. The van der Waals surface area contributed by atoms with E-state index in [4.69, 9.17) is 0 Å². The Bertz CT molecular complexity index is 374. The second-order valence-corrected chi connectivity index (χ2v) is 5.34. The van der Waals surface area contributed by atoms with Gasteiger partial charge in [0.1, 0.15) is 5.75 Å². The van der Waals surface area contributed by atoms with Gasteiger partial charge in [0.2, 0.25) is 0 Å². The first-order valence-electron chi connectivity index (χ1n) is 4.97. The largest absolute Gasteiger partial charge is 0.508 e. The molecule has 1 aliphatic heterocycles. The van der Waals surface area contributed by atoms with Crippen molar-refractivity contribution in [3.05, 3.63) is 18.2 Å². The number of hydrogen-bond donors (Lipinski definition) is 2. The maximum absolute atomic E-state index is 9.38. The van der Waals surface area contributed by atoms with Crippen LogP contribution in [-0.4, -0.2) is 17.4 Å². The van der Waals surface area contributed by atoms with Crippen LogP contribution in [-0.2, 0) is 0 Å². The summed E-state index contributed by atoms with van der Waals surface area (Å²) in [4.78, 5) is 1.27. The molecule has 0 unspecified atom stereocenters. The van der Waals surface area contributed by atoms with Crippen LogP contribution in [0, 0.1) is 5.41 Å². The zero-order chi connectivity index (χ0) is 9.60. The van der Waals surface area contributed by atoms with Crippen LogP contribution in [0.5, 0.6) is 5.75 Å². The molecule has 3 heteroatoms. The number of benzene rings is 1. The second kappa shape index (κ2) is 2.83. The summed E-state index contributed by atoms with van der Waals surface area (Å²) in [6, 6.07) is 5.59. The van der Waals surface area contributed by atoms with Gasteiger partial charge in [-0.1, -0.05) is 0 Å². The number of phenols is 1. The molecule has 1 heterocycles. The summed E-state index contributed by atoms with van der Waals surface area (Å²) in [6.07, 6.45) is 2.71. The number of anilines is 1. The molecular formula is C11H13NOS. The van der Waals surface area contributed by atoms with E-state index in [1.807, 2.05) is 23.9 Å². The fourth-order valence-electron chi connectivity index (χ4n) is 1.84. The molecule has 2 nitrogen and oxygen atoms in total. The summed E-state index contributed by atoms with van der Waals surface area (Å²) in [7, 11) is 0. The van der Waals surface area contributed by atoms with Crippen molar-refractivity contribution in [2.75, 3.05) is 17.6 Å². The van der Waals surface area contributed by atoms with Crippen LogP contribution in [0.4, 0.5) is 5.69 Å². The molecule has 14 heavy (non-hydrogen) atoms. The SMILES string of the molecule is Oc1ccc2c(c1)NCC1(CC1)CS2. The van der Waals surface area contributed by atoms with E-state index < -0.39 is 0 Å². The monoisotopic (exact) mass is 207 g/mol. The van der Waals surface area contributed by atoms with Crippen molar-refractivity contribution in [2.24, 2.45) is 5.41 Å². The quantitative estimate of drug-likeness (QED) is 0.686. The standard InChI is InChI=1S/C11H13NOS/c13-8-1-2-10-9(5-8)12-6-11(3-4-11)7-14-10/h1-2,5,12-13H,3-4,6-7H2. The van der Waals surface area contributed by atoms with Gasteiger partial charge in [0, 0.05) is 23.3 Å². The third kappa shape index (κ3) is 1.36. The molecule has 1 saturated carbocycles. The number of rotatable bonds is 0. The highest BCUT2D eigenvalue weighted by Crippen LogP contribution is 2.52. The third-order valence-corrected chi connectivity index (χ3v) is 4.53. The molecule has 0 saturated heterocycles. The van der Waals surface area contributed by atoms with E-state index in [1.54, 1.807) is 6.07 Å². The number of aromatic hydroxyl groups is 1. The van der Waals surface area contributed by atoms with Crippen LogP contribution in [0.3, 0.4) is 0 Å². The lowest BCUT2D eigenvalue weighted by molar-refractivity contribution is 0.475. The van der Waals surface area contributed by atoms with Gasteiger partial charge in [-0.2, -0.15) is 0 Å². The van der Waals surface area contributed by atoms with E-state index in [2.05, 4.69) is 5.32 Å². The number of thioether (sulfide) groups is 1. The third-order valence-electron chi connectivity index (χ3n) is 3.11. The van der Waals surface area contributed by atoms with Gasteiger partial charge in [-0.25, -0.2) is 0 Å². The molecule has 0 radical (unpaired) electrons. The zero-order valence-electron chi connectivity index (χ0n) is 7.92. The van der Waals surface area contributed by atoms with Gasteiger partial charge < -0.3 is 10.4 Å². The van der Waals surface area contributed by atoms with E-state index in [-0.39, 0.29) is 0 Å². The van der Waals surface area contributed by atoms with Crippen molar-refractivity contribution in [2.45, 2.75) is 17.7 Å². The van der Waals surface area contributed by atoms with Crippen LogP contribution in [0.15, 0.2) is 23.1 Å². The van der Waals surface area contributed by atoms with Crippen LogP contribution in [0.1, 0.15) is 12.8 Å². The Morgan fingerprint density at radius 2 is 2.21 bits per heavy atom. The van der Waals surface area contributed by atoms with Gasteiger partial charge in [0.15, 0.2) is 0 Å². The smallest absolute Gasteiger partial charge is 0.117 e. The van der Waals surface area contributed by atoms with Crippen LogP contribution in [0.2, 0.25) is 0 Å². The Morgan fingerprint density at radius 3 is 3.00 bits per heavy atom. The molecule has 2 N–H and O–H groups in total. The van der Waals surface area contributed by atoms with Crippen LogP contribution >= 0.6 is 11.8 Å². The summed E-state index contributed by atoms with van der Waals surface area (Å²) >= 11 is 1.91. The summed E-state index contributed by atoms with van der Waals surface area (Å²) < 4.78 is 0. The lowest BCUT2D eigenvalue weighted by Gasteiger charge is -2.10. The highest BCUT2D eigenvalue weighted by atomic mass is 32.2. The Balaban J connectivity index is 1.93. The molecule has 0 bridgehead atoms. The van der Waals surface area contributed by atoms with Gasteiger partial charge in [-0.05, 0) is 30.4 Å². The van der Waals surface area contributed by atoms with Crippen molar-refractivity contribution in [3.63, 3.8) is 0 Å². The predicted octanol–water partition coefficient (Wildman–Crippen LogP) is 2.69. The molecule has 74 valence electrons. The molecule has 0 atom stereocenters. The van der Waals surface area contributed by atoms with Gasteiger partial charge in [0.05, 0.1) is 5.69 Å². The minimum atomic E-state index is 0.351. The highest BCUT2D eigenvalue weighted by Gasteiger charge is 2.43. The van der Waals surface area contributed by atoms with Crippen LogP contribution < -0.4 is 5.32 Å². The van der Waals surface area contributed by atoms with E-state index in [1.165, 1.54) is 23.5 Å². The first-order chi connectivity index (χ1) is 6.77. The van der Waals surface area contributed by atoms with E-state index in [0.29, 0.717) is 11.2 Å². The zero-order valence-corrected chi connectivity index (χ0v) is 8.73. The first kappa shape index (κ1) is 8.48. The summed E-state index contributed by atoms with van der Waals surface area (Å²) in [5, 5.41) is 12.8. The molecule has 2 aliphatic rings. The lowest BCUT2D eigenvalue weighted by atomic mass is 10.1. The molecule has 0 amide bonds. The van der Waals surface area contributed by atoms with Gasteiger partial charge >= 0.3 is 0 Å². The highest BCUT2D eigenvalue weighted by molar-refractivity contribution is 7.99. The lowest BCUT2D eigenvalue weighted by Crippen LogP contribution is -2.15.